The van der Waals surface area contributed by atoms with Gasteiger partial charge >= 0.3 is 10.1 Å². The van der Waals surface area contributed by atoms with Crippen LogP contribution in [0, 0.1) is 0 Å². The van der Waals surface area contributed by atoms with Crippen LogP contribution >= 0.6 is 0 Å². The quantitative estimate of drug-likeness (QED) is 0.205. The fourth-order valence-corrected chi connectivity index (χ4v) is 3.47. The first kappa shape index (κ1) is 24.4. The summed E-state index contributed by atoms with van der Waals surface area (Å²) in [7, 11) is -2.12. The van der Waals surface area contributed by atoms with Crippen molar-refractivity contribution in [1.29, 1.82) is 0 Å². The van der Waals surface area contributed by atoms with Crippen LogP contribution in [0.4, 0.5) is 5.82 Å². The molecule has 0 aliphatic carbocycles. The molecule has 31 heavy (non-hydrogen) atoms. The molecular formula is C20H28N6O4S. The molecule has 5 N–H and O–H groups in total. The number of unbranched alkanes of at least 4 members (excludes halogenated alkanes) is 3. The zero-order chi connectivity index (χ0) is 22.5. The summed E-state index contributed by atoms with van der Waals surface area (Å²) in [6.07, 6.45) is 7.03. The van der Waals surface area contributed by atoms with Crippen LogP contribution < -0.4 is 22.0 Å². The number of anilines is 1. The van der Waals surface area contributed by atoms with Crippen molar-refractivity contribution in [3.05, 3.63) is 53.7 Å². The molecule has 168 valence electrons. The monoisotopic (exact) mass is 448 g/mol. The number of rotatable bonds is 13. The molecule has 0 fully saturated rings. The van der Waals surface area contributed by atoms with Gasteiger partial charge in [0.2, 0.25) is 0 Å². The third-order valence-electron chi connectivity index (χ3n) is 4.36. The van der Waals surface area contributed by atoms with Gasteiger partial charge in [0.05, 0.1) is 11.8 Å². The number of nitrogens with zero attached hydrogens (tertiary/aromatic N) is 2. The van der Waals surface area contributed by atoms with Crippen LogP contribution in [0.3, 0.4) is 0 Å². The second-order valence-electron chi connectivity index (χ2n) is 6.66. The van der Waals surface area contributed by atoms with Gasteiger partial charge in [0.1, 0.15) is 10.7 Å². The van der Waals surface area contributed by atoms with Crippen LogP contribution in [0.2, 0.25) is 0 Å². The highest BCUT2D eigenvalue weighted by atomic mass is 32.2. The molecule has 1 aromatic heterocycles. The Labute approximate surface area is 182 Å². The predicted molar refractivity (Wildman–Crippen MR) is 119 cm³/mol. The normalized spacial score (nSPS) is 11.5. The van der Waals surface area contributed by atoms with Crippen LogP contribution in [0.15, 0.2) is 52.6 Å². The van der Waals surface area contributed by atoms with Gasteiger partial charge in [-0.1, -0.05) is 31.0 Å². The van der Waals surface area contributed by atoms with Crippen molar-refractivity contribution in [3.63, 3.8) is 0 Å². The molecule has 1 amide bonds. The van der Waals surface area contributed by atoms with E-state index in [1.54, 1.807) is 30.3 Å². The minimum atomic E-state index is -4.06. The molecule has 0 aliphatic rings. The number of aromatic nitrogens is 1. The average molecular weight is 449 g/mol. The minimum Gasteiger partial charge on any atom is -0.352 e. The summed E-state index contributed by atoms with van der Waals surface area (Å²) < 4.78 is 27.7. The van der Waals surface area contributed by atoms with Gasteiger partial charge in [-0.05, 0) is 44.6 Å². The van der Waals surface area contributed by atoms with Crippen molar-refractivity contribution in [2.24, 2.45) is 11.0 Å². The second kappa shape index (κ2) is 12.7. The summed E-state index contributed by atoms with van der Waals surface area (Å²) in [4.78, 5) is 16.2. The van der Waals surface area contributed by atoms with Gasteiger partial charge in [-0.2, -0.15) is 23.7 Å². The zero-order valence-electron chi connectivity index (χ0n) is 17.4. The number of hydrogen-bond acceptors (Lipinski definition) is 9. The molecule has 2 rings (SSSR count). The second-order valence-corrected chi connectivity index (χ2v) is 8.20. The molecule has 0 spiro atoms. The SMILES string of the molecule is CNCCCCCCNC(=O)c1ccc(N/N=C\c2ccccc2S(=O)(=O)ON)nc1. The Hall–Kier alpha value is -2.86. The first-order valence-electron chi connectivity index (χ1n) is 9.88. The van der Waals surface area contributed by atoms with E-state index >= 15 is 0 Å². The lowest BCUT2D eigenvalue weighted by Crippen LogP contribution is -2.24. The number of hydrogen-bond donors (Lipinski definition) is 4. The Balaban J connectivity index is 1.85. The van der Waals surface area contributed by atoms with Gasteiger partial charge in [0, 0.05) is 18.3 Å². The van der Waals surface area contributed by atoms with Crippen molar-refractivity contribution >= 4 is 28.1 Å². The average Bonchev–Trinajstić information content (AvgIpc) is 2.79. The van der Waals surface area contributed by atoms with Gasteiger partial charge in [-0.25, -0.2) is 4.98 Å². The van der Waals surface area contributed by atoms with Gasteiger partial charge in [-0.3, -0.25) is 10.2 Å². The van der Waals surface area contributed by atoms with Gasteiger partial charge in [0.15, 0.2) is 0 Å². The molecule has 0 aliphatic heterocycles. The highest BCUT2D eigenvalue weighted by Crippen LogP contribution is 2.15. The number of hydrazone groups is 1. The molecule has 0 unspecified atom stereocenters. The lowest BCUT2D eigenvalue weighted by molar-refractivity contribution is 0.0952. The summed E-state index contributed by atoms with van der Waals surface area (Å²) in [5.41, 5.74) is 3.43. The maximum Gasteiger partial charge on any atom is 0.313 e. The van der Waals surface area contributed by atoms with Crippen molar-refractivity contribution in [1.82, 2.24) is 15.6 Å². The van der Waals surface area contributed by atoms with Gasteiger partial charge < -0.3 is 10.6 Å². The molecular weight excluding hydrogens is 420 g/mol. The Morgan fingerprint density at radius 1 is 1.13 bits per heavy atom. The molecule has 0 bridgehead atoms. The number of benzene rings is 1. The van der Waals surface area contributed by atoms with Crippen LogP contribution in [0.1, 0.15) is 41.6 Å². The van der Waals surface area contributed by atoms with E-state index in [9.17, 15) is 13.2 Å². The Morgan fingerprint density at radius 3 is 2.55 bits per heavy atom. The molecule has 1 heterocycles. The highest BCUT2D eigenvalue weighted by molar-refractivity contribution is 7.86. The molecule has 0 atom stereocenters. The Bertz CT molecular complexity index is 964. The fourth-order valence-electron chi connectivity index (χ4n) is 2.71. The first-order valence-corrected chi connectivity index (χ1v) is 11.3. The Kier molecular flexibility index (Phi) is 10.0. The lowest BCUT2D eigenvalue weighted by atomic mass is 10.2. The number of nitrogens with one attached hydrogen (secondary N) is 3. The number of carbonyl (C=O) groups is 1. The molecule has 2 aromatic rings. The summed E-state index contributed by atoms with van der Waals surface area (Å²) in [5.74, 6) is 5.05. The van der Waals surface area contributed by atoms with Gasteiger partial charge in [0.25, 0.3) is 5.91 Å². The Morgan fingerprint density at radius 2 is 1.87 bits per heavy atom. The summed E-state index contributed by atoms with van der Waals surface area (Å²) in [6, 6.07) is 9.36. The maximum atomic E-state index is 12.2. The largest absolute Gasteiger partial charge is 0.352 e. The van der Waals surface area contributed by atoms with Crippen molar-refractivity contribution in [3.8, 4) is 0 Å². The van der Waals surface area contributed by atoms with Crippen LogP contribution in [0.25, 0.3) is 0 Å². The third-order valence-corrected chi connectivity index (χ3v) is 5.53. The number of carbonyl (C=O) groups excluding carboxylic acids is 1. The summed E-state index contributed by atoms with van der Waals surface area (Å²) in [5, 5.41) is 9.97. The highest BCUT2D eigenvalue weighted by Gasteiger charge is 2.17. The predicted octanol–water partition coefficient (Wildman–Crippen LogP) is 1.62. The number of pyridine rings is 1. The van der Waals surface area contributed by atoms with E-state index in [0.29, 0.717) is 23.5 Å². The van der Waals surface area contributed by atoms with Crippen molar-refractivity contribution < 1.29 is 17.5 Å². The summed E-state index contributed by atoms with van der Waals surface area (Å²) >= 11 is 0. The van der Waals surface area contributed by atoms with E-state index in [1.165, 1.54) is 18.5 Å². The van der Waals surface area contributed by atoms with Crippen LogP contribution in [0.5, 0.6) is 0 Å². The maximum absolute atomic E-state index is 12.2. The van der Waals surface area contributed by atoms with Crippen LogP contribution in [-0.4, -0.2) is 45.7 Å². The molecule has 11 heteroatoms. The third kappa shape index (κ3) is 8.06. The molecule has 0 saturated carbocycles. The van der Waals surface area contributed by atoms with E-state index in [-0.39, 0.29) is 10.8 Å². The van der Waals surface area contributed by atoms with E-state index in [4.69, 9.17) is 5.90 Å². The minimum absolute atomic E-state index is 0.106. The fraction of sp³-hybridized carbons (Fsp3) is 0.350. The van der Waals surface area contributed by atoms with Crippen molar-refractivity contribution in [2.75, 3.05) is 25.6 Å². The van der Waals surface area contributed by atoms with Gasteiger partial charge in [-0.15, -0.1) is 0 Å². The standard InChI is InChI=1S/C20H28N6O4S/c1-22-12-6-2-3-7-13-23-20(27)17-10-11-19(24-14-17)26-25-15-16-8-4-5-9-18(16)31(28,29)30-21/h4-5,8-11,14-15,22H,2-3,6-7,12-13,21H2,1H3,(H,23,27)(H,24,26)/b25-15-. The molecule has 1 aromatic carbocycles. The summed E-state index contributed by atoms with van der Waals surface area (Å²) in [6.45, 7) is 1.63. The lowest BCUT2D eigenvalue weighted by Gasteiger charge is -2.06. The smallest absolute Gasteiger partial charge is 0.313 e. The topological polar surface area (TPSA) is 148 Å². The number of amides is 1. The van der Waals surface area contributed by atoms with E-state index in [2.05, 4.69) is 30.4 Å². The van der Waals surface area contributed by atoms with Crippen molar-refractivity contribution in [2.45, 2.75) is 30.6 Å². The van der Waals surface area contributed by atoms with E-state index < -0.39 is 10.1 Å². The molecule has 10 nitrogen and oxygen atoms in total. The number of nitrogens with two attached hydrogens (primary N) is 1. The first-order chi connectivity index (χ1) is 15.0. The van der Waals surface area contributed by atoms with E-state index in [1.807, 2.05) is 7.05 Å². The molecule has 0 saturated heterocycles. The zero-order valence-corrected chi connectivity index (χ0v) is 18.2. The van der Waals surface area contributed by atoms with Crippen LogP contribution in [-0.2, 0) is 14.4 Å². The van der Waals surface area contributed by atoms with E-state index in [0.717, 1.165) is 32.2 Å². The molecule has 0 radical (unpaired) electrons.